The standard InChI is InChI=1S/C5H5.C4H9.2ClH.Zr/c1-2-4-5-3-1;1-4(2)3;;;/h1-5H;1-3H3;2*1H;/q2*-1;;;+4/p-2. The zero-order chi connectivity index (χ0) is 9.82. The number of hydrogen-bond donors (Lipinski definition) is 0. The summed E-state index contributed by atoms with van der Waals surface area (Å²) in [5, 5.41) is 0. The summed E-state index contributed by atoms with van der Waals surface area (Å²) in [6.07, 6.45) is 0. The van der Waals surface area contributed by atoms with Crippen molar-refractivity contribution in [2.24, 2.45) is 0 Å². The maximum absolute atomic E-state index is 4.93. The van der Waals surface area contributed by atoms with Gasteiger partial charge >= 0.3 is 37.9 Å². The van der Waals surface area contributed by atoms with E-state index >= 15 is 0 Å². The fraction of sp³-hybridized carbons (Fsp3) is 0.333. The van der Waals surface area contributed by atoms with Gasteiger partial charge in [-0.25, -0.2) is 12.1 Å². The van der Waals surface area contributed by atoms with E-state index in [4.69, 9.17) is 17.0 Å². The van der Waals surface area contributed by atoms with Crippen LogP contribution >= 0.6 is 17.0 Å². The Hall–Kier alpha value is 0.813. The Labute approximate surface area is 94.3 Å². The summed E-state index contributed by atoms with van der Waals surface area (Å²) in [6.45, 7) is 6.25. The normalized spacial score (nSPS) is 7.17. The molecule has 0 radical (unpaired) electrons. The predicted molar refractivity (Wildman–Crippen MR) is 54.0 cm³/mol. The summed E-state index contributed by atoms with van der Waals surface area (Å²) in [5.74, 6) is 1.42. The van der Waals surface area contributed by atoms with Gasteiger partial charge in [0.1, 0.15) is 0 Å². The largest absolute Gasteiger partial charge is 0.214 e. The molecule has 0 spiro atoms. The Bertz CT molecular complexity index is 107. The summed E-state index contributed by atoms with van der Waals surface area (Å²) < 4.78 is 0. The summed E-state index contributed by atoms with van der Waals surface area (Å²) in [5.41, 5.74) is 0. The fourth-order valence-corrected chi connectivity index (χ4v) is 0.321. The minimum absolute atomic E-state index is 0.826. The molecule has 1 rings (SSSR count). The Balaban J connectivity index is 0. The summed E-state index contributed by atoms with van der Waals surface area (Å²) >= 11 is -0.826. The van der Waals surface area contributed by atoms with E-state index in [1.807, 2.05) is 30.3 Å². The predicted octanol–water partition coefficient (Wildman–Crippen LogP) is 4.40. The third-order valence-electron chi connectivity index (χ3n) is 0.556. The van der Waals surface area contributed by atoms with Crippen molar-refractivity contribution in [1.82, 2.24) is 0 Å². The Morgan fingerprint density at radius 3 is 1.42 bits per heavy atom. The van der Waals surface area contributed by atoms with Gasteiger partial charge in [0.25, 0.3) is 0 Å². The zero-order valence-electron chi connectivity index (χ0n) is 7.64. The van der Waals surface area contributed by atoms with Gasteiger partial charge in [0.05, 0.1) is 0 Å². The molecule has 0 bridgehead atoms. The molecule has 0 N–H and O–H groups in total. The molecule has 1 aromatic rings. The van der Waals surface area contributed by atoms with E-state index in [1.165, 1.54) is 5.92 Å². The molecule has 1 aromatic carbocycles. The molecule has 12 heavy (non-hydrogen) atoms. The second kappa shape index (κ2) is 14.3. The first-order valence-electron chi connectivity index (χ1n) is 3.54. The van der Waals surface area contributed by atoms with Gasteiger partial charge in [-0.15, -0.1) is 0 Å². The molecule has 3 heteroatoms. The maximum Gasteiger partial charge on any atom is -0.172 e. The molecule has 0 heterocycles. The van der Waals surface area contributed by atoms with Crippen LogP contribution in [-0.2, 0) is 20.8 Å². The number of halogens is 2. The van der Waals surface area contributed by atoms with Gasteiger partial charge < -0.3 is 5.92 Å². The first-order valence-corrected chi connectivity index (χ1v) is 9.87. The Morgan fingerprint density at radius 2 is 1.33 bits per heavy atom. The molecule has 0 aliphatic rings. The van der Waals surface area contributed by atoms with E-state index in [2.05, 4.69) is 20.8 Å². The minimum Gasteiger partial charge on any atom is -0.214 e. The van der Waals surface area contributed by atoms with Crippen LogP contribution in [0.5, 0.6) is 0 Å². The topological polar surface area (TPSA) is 0 Å². The van der Waals surface area contributed by atoms with Gasteiger partial charge in [-0.2, -0.15) is 39.0 Å². The van der Waals surface area contributed by atoms with Crippen LogP contribution in [0, 0.1) is 5.92 Å². The van der Waals surface area contributed by atoms with Crippen molar-refractivity contribution >= 4 is 17.0 Å². The van der Waals surface area contributed by atoms with Crippen LogP contribution in [0.15, 0.2) is 30.3 Å². The molecule has 0 aliphatic heterocycles. The van der Waals surface area contributed by atoms with Gasteiger partial charge in [0.15, 0.2) is 0 Å². The first-order chi connectivity index (χ1) is 5.65. The zero-order valence-corrected chi connectivity index (χ0v) is 11.6. The average molecular weight is 284 g/mol. The molecule has 0 saturated carbocycles. The molecular formula is C9H14Cl2Zr. The van der Waals surface area contributed by atoms with Crippen molar-refractivity contribution in [2.45, 2.75) is 20.8 Å². The quantitative estimate of drug-likeness (QED) is 0.619. The van der Waals surface area contributed by atoms with Crippen LogP contribution in [0.1, 0.15) is 20.8 Å². The van der Waals surface area contributed by atoms with Crippen LogP contribution in [0.2, 0.25) is 0 Å². The van der Waals surface area contributed by atoms with Gasteiger partial charge in [-0.3, -0.25) is 0 Å². The maximum atomic E-state index is 4.93. The smallest absolute Gasteiger partial charge is 0.172 e. The molecular weight excluding hydrogens is 270 g/mol. The van der Waals surface area contributed by atoms with Crippen LogP contribution < -0.4 is 0 Å². The van der Waals surface area contributed by atoms with E-state index in [0.29, 0.717) is 0 Å². The monoisotopic (exact) mass is 282 g/mol. The Kier molecular flexibility index (Phi) is 18.3. The minimum atomic E-state index is -0.826. The van der Waals surface area contributed by atoms with Gasteiger partial charge in [-0.05, 0) is 0 Å². The van der Waals surface area contributed by atoms with Crippen molar-refractivity contribution in [3.8, 4) is 0 Å². The van der Waals surface area contributed by atoms with Crippen molar-refractivity contribution in [3.05, 3.63) is 36.2 Å². The average Bonchev–Trinajstić information content (AvgIpc) is 2.40. The summed E-state index contributed by atoms with van der Waals surface area (Å²) in [7, 11) is 9.87. The first kappa shape index (κ1) is 15.3. The van der Waals surface area contributed by atoms with Crippen LogP contribution in [-0.4, -0.2) is 0 Å². The van der Waals surface area contributed by atoms with E-state index in [9.17, 15) is 0 Å². The third-order valence-corrected chi connectivity index (χ3v) is 0.556. The number of rotatable bonds is 0. The van der Waals surface area contributed by atoms with Crippen molar-refractivity contribution in [1.29, 1.82) is 0 Å². The second-order valence-electron chi connectivity index (χ2n) is 2.53. The number of hydrogen-bond acceptors (Lipinski definition) is 0. The Morgan fingerprint density at radius 1 is 1.08 bits per heavy atom. The molecule has 0 unspecified atom stereocenters. The fourth-order valence-electron chi connectivity index (χ4n) is 0.321. The molecule has 68 valence electrons. The molecule has 0 atom stereocenters. The van der Waals surface area contributed by atoms with Crippen molar-refractivity contribution in [2.75, 3.05) is 0 Å². The summed E-state index contributed by atoms with van der Waals surface area (Å²) in [4.78, 5) is 0. The van der Waals surface area contributed by atoms with Crippen LogP contribution in [0.3, 0.4) is 0 Å². The van der Waals surface area contributed by atoms with E-state index in [1.54, 1.807) is 0 Å². The van der Waals surface area contributed by atoms with Crippen molar-refractivity contribution < 1.29 is 20.8 Å². The van der Waals surface area contributed by atoms with Gasteiger partial charge in [0, 0.05) is 0 Å². The molecule has 0 nitrogen and oxygen atoms in total. The van der Waals surface area contributed by atoms with Gasteiger partial charge in [-0.1, -0.05) is 0 Å². The summed E-state index contributed by atoms with van der Waals surface area (Å²) in [6, 6.07) is 10.0. The van der Waals surface area contributed by atoms with E-state index in [-0.39, 0.29) is 0 Å². The second-order valence-corrected chi connectivity index (χ2v) is 6.27. The SMILES string of the molecule is C[C-](C)C.[Cl][Zr+2][Cl].c1cc[cH-]c1. The van der Waals surface area contributed by atoms with Crippen LogP contribution in [0.4, 0.5) is 0 Å². The molecule has 0 aliphatic carbocycles. The van der Waals surface area contributed by atoms with E-state index in [0.717, 1.165) is 0 Å². The van der Waals surface area contributed by atoms with E-state index < -0.39 is 20.8 Å². The molecule has 0 fully saturated rings. The van der Waals surface area contributed by atoms with Crippen molar-refractivity contribution in [3.63, 3.8) is 0 Å². The molecule has 0 aromatic heterocycles. The molecule has 0 amide bonds. The molecule has 0 saturated heterocycles. The van der Waals surface area contributed by atoms with Gasteiger partial charge in [0.2, 0.25) is 0 Å². The van der Waals surface area contributed by atoms with Crippen LogP contribution in [0.25, 0.3) is 0 Å². The third kappa shape index (κ3) is 30.8.